The van der Waals surface area contributed by atoms with E-state index in [9.17, 15) is 14.0 Å². The Morgan fingerprint density at radius 3 is 2.44 bits per heavy atom. The summed E-state index contributed by atoms with van der Waals surface area (Å²) < 4.78 is 19.2. The summed E-state index contributed by atoms with van der Waals surface area (Å²) in [5.41, 5.74) is 1.26. The Balaban J connectivity index is 2.17. The molecular weight excluding hydrogens is 451 g/mol. The summed E-state index contributed by atoms with van der Waals surface area (Å²) in [6, 6.07) is 11.3. The van der Waals surface area contributed by atoms with Crippen molar-refractivity contribution in [3.8, 4) is 5.75 Å². The van der Waals surface area contributed by atoms with Crippen LogP contribution in [-0.4, -0.2) is 41.7 Å². The maximum atomic E-state index is 14.0. The first kappa shape index (κ1) is 26.0. The number of hydrogen-bond donors (Lipinski definition) is 1. The quantitative estimate of drug-likeness (QED) is 0.488. The molecule has 174 valence electrons. The van der Waals surface area contributed by atoms with E-state index >= 15 is 0 Å². The average molecular weight is 481 g/mol. The SMILES string of the molecule is CC[C@@H](C(=O)NC(C)C)N(Cc1ccc(OC)cc1)C(=O)CSCc1c(F)cccc1Cl. The second kappa shape index (κ2) is 12.7. The molecule has 2 aromatic rings. The van der Waals surface area contributed by atoms with Gasteiger partial charge in [-0.25, -0.2) is 4.39 Å². The monoisotopic (exact) mass is 480 g/mol. The number of carbonyl (C=O) groups is 2. The lowest BCUT2D eigenvalue weighted by Gasteiger charge is -2.31. The lowest BCUT2D eigenvalue weighted by atomic mass is 10.1. The van der Waals surface area contributed by atoms with Gasteiger partial charge in [0.25, 0.3) is 0 Å². The predicted molar refractivity (Wildman–Crippen MR) is 128 cm³/mol. The summed E-state index contributed by atoms with van der Waals surface area (Å²) in [7, 11) is 1.59. The van der Waals surface area contributed by atoms with E-state index in [1.165, 1.54) is 17.8 Å². The van der Waals surface area contributed by atoms with Gasteiger partial charge in [-0.3, -0.25) is 9.59 Å². The van der Waals surface area contributed by atoms with Crippen LogP contribution in [0.15, 0.2) is 42.5 Å². The second-order valence-electron chi connectivity index (χ2n) is 7.65. The molecule has 8 heteroatoms. The van der Waals surface area contributed by atoms with Gasteiger partial charge in [0.15, 0.2) is 0 Å². The van der Waals surface area contributed by atoms with Crippen LogP contribution in [0.1, 0.15) is 38.3 Å². The number of rotatable bonds is 11. The van der Waals surface area contributed by atoms with Crippen molar-refractivity contribution in [3.63, 3.8) is 0 Å². The number of amides is 2. The number of thioether (sulfide) groups is 1. The molecular formula is C24H30ClFN2O3S. The summed E-state index contributed by atoms with van der Waals surface area (Å²) in [5, 5.41) is 3.24. The molecule has 0 spiro atoms. The fourth-order valence-corrected chi connectivity index (χ4v) is 4.47. The zero-order valence-electron chi connectivity index (χ0n) is 18.9. The van der Waals surface area contributed by atoms with Crippen LogP contribution in [0.5, 0.6) is 5.75 Å². The van der Waals surface area contributed by atoms with Crippen LogP contribution in [0, 0.1) is 5.82 Å². The van der Waals surface area contributed by atoms with Gasteiger partial charge in [-0.1, -0.05) is 36.7 Å². The first-order valence-corrected chi connectivity index (χ1v) is 12.0. The topological polar surface area (TPSA) is 58.6 Å². The normalized spacial score (nSPS) is 11.8. The molecule has 5 nitrogen and oxygen atoms in total. The third kappa shape index (κ3) is 7.41. The van der Waals surface area contributed by atoms with Gasteiger partial charge in [0.05, 0.1) is 12.9 Å². The van der Waals surface area contributed by atoms with E-state index in [1.54, 1.807) is 24.1 Å². The molecule has 0 aliphatic rings. The number of benzene rings is 2. The summed E-state index contributed by atoms with van der Waals surface area (Å²) >= 11 is 7.36. The molecule has 32 heavy (non-hydrogen) atoms. The Hall–Kier alpha value is -2.25. The fraction of sp³-hybridized carbons (Fsp3) is 0.417. The third-order valence-corrected chi connectivity index (χ3v) is 6.16. The highest BCUT2D eigenvalue weighted by molar-refractivity contribution is 7.99. The van der Waals surface area contributed by atoms with Crippen LogP contribution in [0.4, 0.5) is 4.39 Å². The number of ether oxygens (including phenoxy) is 1. The van der Waals surface area contributed by atoms with Crippen molar-refractivity contribution in [3.05, 3.63) is 64.4 Å². The minimum atomic E-state index is -0.607. The lowest BCUT2D eigenvalue weighted by Crippen LogP contribution is -2.50. The van der Waals surface area contributed by atoms with Gasteiger partial charge < -0.3 is 15.0 Å². The van der Waals surface area contributed by atoms with Crippen LogP contribution in [0.25, 0.3) is 0 Å². The Morgan fingerprint density at radius 2 is 1.88 bits per heavy atom. The summed E-state index contributed by atoms with van der Waals surface area (Å²) in [6.45, 7) is 5.93. The van der Waals surface area contributed by atoms with Crippen LogP contribution < -0.4 is 10.1 Å². The number of hydrogen-bond acceptors (Lipinski definition) is 4. The Bertz CT molecular complexity index is 888. The standard InChI is InChI=1S/C24H30ClFN2O3S/c1-5-22(24(30)27-16(2)3)28(13-17-9-11-18(31-4)12-10-17)23(29)15-32-14-19-20(25)7-6-8-21(19)26/h6-12,16,22H,5,13-15H2,1-4H3,(H,27,30)/t22-/m0/s1. The first-order chi connectivity index (χ1) is 15.3. The summed E-state index contributed by atoms with van der Waals surface area (Å²) in [5.74, 6) is 0.314. The first-order valence-electron chi connectivity index (χ1n) is 10.5. The largest absolute Gasteiger partial charge is 0.497 e. The highest BCUT2D eigenvalue weighted by atomic mass is 35.5. The van der Waals surface area contributed by atoms with E-state index in [-0.39, 0.29) is 35.9 Å². The number of methoxy groups -OCH3 is 1. The molecule has 0 saturated carbocycles. The smallest absolute Gasteiger partial charge is 0.243 e. The van der Waals surface area contributed by atoms with Gasteiger partial charge in [-0.2, -0.15) is 0 Å². The van der Waals surface area contributed by atoms with Crippen molar-refractivity contribution in [1.29, 1.82) is 0 Å². The van der Waals surface area contributed by atoms with Crippen molar-refractivity contribution < 1.29 is 18.7 Å². The van der Waals surface area contributed by atoms with E-state index in [0.29, 0.717) is 22.8 Å². The minimum Gasteiger partial charge on any atom is -0.497 e. The Kier molecular flexibility index (Phi) is 10.3. The number of nitrogens with zero attached hydrogens (tertiary/aromatic N) is 1. The van der Waals surface area contributed by atoms with Crippen molar-refractivity contribution in [1.82, 2.24) is 10.2 Å². The second-order valence-corrected chi connectivity index (χ2v) is 9.04. The molecule has 2 aromatic carbocycles. The summed E-state index contributed by atoms with van der Waals surface area (Å²) in [6.07, 6.45) is 0.476. The lowest BCUT2D eigenvalue weighted by molar-refractivity contribution is -0.139. The molecule has 0 radical (unpaired) electrons. The molecule has 1 atom stereocenters. The minimum absolute atomic E-state index is 0.0351. The maximum Gasteiger partial charge on any atom is 0.243 e. The van der Waals surface area contributed by atoms with Crippen molar-refractivity contribution >= 4 is 35.2 Å². The van der Waals surface area contributed by atoms with Crippen LogP contribution in [0.2, 0.25) is 5.02 Å². The van der Waals surface area contributed by atoms with Gasteiger partial charge in [0, 0.05) is 28.9 Å². The molecule has 0 saturated heterocycles. The predicted octanol–water partition coefficient (Wildman–Crippen LogP) is 5.05. The van der Waals surface area contributed by atoms with Gasteiger partial charge in [-0.05, 0) is 50.1 Å². The molecule has 0 aliphatic heterocycles. The highest BCUT2D eigenvalue weighted by Crippen LogP contribution is 2.25. The molecule has 0 bridgehead atoms. The van der Waals surface area contributed by atoms with E-state index < -0.39 is 11.9 Å². The number of nitrogens with one attached hydrogen (secondary N) is 1. The molecule has 0 aliphatic carbocycles. The molecule has 0 unspecified atom stereocenters. The molecule has 2 amide bonds. The van der Waals surface area contributed by atoms with Crippen LogP contribution >= 0.6 is 23.4 Å². The van der Waals surface area contributed by atoms with E-state index in [1.807, 2.05) is 45.0 Å². The van der Waals surface area contributed by atoms with Crippen molar-refractivity contribution in [2.75, 3.05) is 12.9 Å². The molecule has 0 aromatic heterocycles. The molecule has 0 fully saturated rings. The van der Waals surface area contributed by atoms with Gasteiger partial charge >= 0.3 is 0 Å². The van der Waals surface area contributed by atoms with Gasteiger partial charge in [-0.15, -0.1) is 11.8 Å². The van der Waals surface area contributed by atoms with Crippen LogP contribution in [0.3, 0.4) is 0 Å². The Morgan fingerprint density at radius 1 is 1.19 bits per heavy atom. The van der Waals surface area contributed by atoms with Gasteiger partial charge in [0.1, 0.15) is 17.6 Å². The van der Waals surface area contributed by atoms with Crippen molar-refractivity contribution in [2.24, 2.45) is 0 Å². The van der Waals surface area contributed by atoms with Gasteiger partial charge in [0.2, 0.25) is 11.8 Å². The van der Waals surface area contributed by atoms with E-state index in [2.05, 4.69) is 5.32 Å². The highest BCUT2D eigenvalue weighted by Gasteiger charge is 2.29. The van der Waals surface area contributed by atoms with Crippen molar-refractivity contribution in [2.45, 2.75) is 51.6 Å². The average Bonchev–Trinajstić information content (AvgIpc) is 2.75. The van der Waals surface area contributed by atoms with E-state index in [4.69, 9.17) is 16.3 Å². The van der Waals surface area contributed by atoms with Crippen LogP contribution in [-0.2, 0) is 21.9 Å². The molecule has 1 N–H and O–H groups in total. The van der Waals surface area contributed by atoms with E-state index in [0.717, 1.165) is 5.56 Å². The maximum absolute atomic E-state index is 14.0. The third-order valence-electron chi connectivity index (χ3n) is 4.86. The number of halogens is 2. The zero-order chi connectivity index (χ0) is 23.7. The molecule has 0 heterocycles. The zero-order valence-corrected chi connectivity index (χ0v) is 20.4. The fourth-order valence-electron chi connectivity index (χ4n) is 3.22. The summed E-state index contributed by atoms with van der Waals surface area (Å²) in [4.78, 5) is 27.6. The Labute approximate surface area is 198 Å². The molecule has 2 rings (SSSR count). The number of carbonyl (C=O) groups excluding carboxylic acids is 2.